The molecular formula is C21H28ClN7+2. The van der Waals surface area contributed by atoms with E-state index in [4.69, 9.17) is 11.6 Å². The molecule has 0 atom stereocenters. The van der Waals surface area contributed by atoms with Gasteiger partial charge in [-0.25, -0.2) is 0 Å². The molecule has 1 heterocycles. The van der Waals surface area contributed by atoms with Gasteiger partial charge in [-0.3, -0.25) is 8.97 Å². The molecule has 0 aliphatic carbocycles. The number of hydrogen-bond acceptors (Lipinski definition) is 5. The van der Waals surface area contributed by atoms with Gasteiger partial charge >= 0.3 is 0 Å². The quantitative estimate of drug-likeness (QED) is 0.586. The number of quaternary nitrogens is 2. The normalized spacial score (nSPS) is 12.0. The average Bonchev–Trinajstić information content (AvgIpc) is 2.60. The van der Waals surface area contributed by atoms with E-state index in [1.165, 1.54) is 0 Å². The highest BCUT2D eigenvalue weighted by atomic mass is 35.5. The van der Waals surface area contributed by atoms with Crippen molar-refractivity contribution in [3.8, 4) is 0 Å². The van der Waals surface area contributed by atoms with Crippen LogP contribution in [0.4, 0.5) is 34.6 Å². The third kappa shape index (κ3) is 5.63. The summed E-state index contributed by atoms with van der Waals surface area (Å²) in [7, 11) is 12.7. The van der Waals surface area contributed by atoms with Crippen LogP contribution in [0.5, 0.6) is 0 Å². The zero-order valence-corrected chi connectivity index (χ0v) is 18.5. The van der Waals surface area contributed by atoms with Gasteiger partial charge < -0.3 is 10.6 Å². The van der Waals surface area contributed by atoms with Crippen LogP contribution >= 0.6 is 11.6 Å². The molecule has 0 radical (unpaired) electrons. The molecular weight excluding hydrogens is 386 g/mol. The van der Waals surface area contributed by atoms with Crippen LogP contribution in [0.3, 0.4) is 0 Å². The van der Waals surface area contributed by atoms with Crippen molar-refractivity contribution in [3.63, 3.8) is 0 Å². The van der Waals surface area contributed by atoms with E-state index >= 15 is 0 Å². The van der Waals surface area contributed by atoms with Crippen molar-refractivity contribution in [2.45, 2.75) is 0 Å². The minimum atomic E-state index is 0.121. The lowest BCUT2D eigenvalue weighted by Crippen LogP contribution is -2.34. The number of anilines is 4. The third-order valence-electron chi connectivity index (χ3n) is 4.36. The van der Waals surface area contributed by atoms with Gasteiger partial charge in [0.25, 0.3) is 0 Å². The zero-order chi connectivity index (χ0) is 21.2. The Bertz CT molecular complexity index is 929. The summed E-state index contributed by atoms with van der Waals surface area (Å²) in [5.41, 5.74) is 4.09. The third-order valence-corrected chi connectivity index (χ3v) is 4.53. The summed E-state index contributed by atoms with van der Waals surface area (Å²) in [5.74, 6) is 0.766. The first-order valence-corrected chi connectivity index (χ1v) is 9.68. The molecule has 29 heavy (non-hydrogen) atoms. The maximum atomic E-state index is 6.14. The highest BCUT2D eigenvalue weighted by Crippen LogP contribution is 2.25. The van der Waals surface area contributed by atoms with Crippen molar-refractivity contribution in [2.24, 2.45) is 0 Å². The van der Waals surface area contributed by atoms with Crippen molar-refractivity contribution in [1.82, 2.24) is 23.9 Å². The summed E-state index contributed by atoms with van der Waals surface area (Å²) in [6, 6.07) is 16.2. The average molecular weight is 414 g/mol. The van der Waals surface area contributed by atoms with Gasteiger partial charge in [-0.2, -0.15) is 15.0 Å². The molecule has 0 fully saturated rings. The lowest BCUT2D eigenvalue weighted by molar-refractivity contribution is 0.486. The van der Waals surface area contributed by atoms with Crippen LogP contribution in [0, 0.1) is 0 Å². The van der Waals surface area contributed by atoms with E-state index in [9.17, 15) is 0 Å². The largest absolute Gasteiger partial charge is 0.324 e. The minimum absolute atomic E-state index is 0.121. The second-order valence-corrected chi connectivity index (χ2v) is 8.97. The van der Waals surface area contributed by atoms with Gasteiger partial charge in [-0.1, -0.05) is 12.1 Å². The van der Waals surface area contributed by atoms with Crippen molar-refractivity contribution in [1.29, 1.82) is 0 Å². The molecule has 0 amide bonds. The molecule has 1 aromatic heterocycles. The fourth-order valence-electron chi connectivity index (χ4n) is 2.72. The molecule has 3 rings (SSSR count). The van der Waals surface area contributed by atoms with Crippen molar-refractivity contribution in [2.75, 3.05) is 52.9 Å². The molecule has 0 saturated heterocycles. The first kappa shape index (κ1) is 21.0. The van der Waals surface area contributed by atoms with Gasteiger partial charge in [0.2, 0.25) is 17.2 Å². The Kier molecular flexibility index (Phi) is 5.75. The Morgan fingerprint density at radius 3 is 1.45 bits per heavy atom. The number of benzene rings is 2. The summed E-state index contributed by atoms with van der Waals surface area (Å²) in [6.45, 7) is 0. The molecule has 0 saturated carbocycles. The highest BCUT2D eigenvalue weighted by Gasteiger charge is 2.14. The fourth-order valence-corrected chi connectivity index (χ4v) is 2.88. The van der Waals surface area contributed by atoms with E-state index in [2.05, 4.69) is 92.1 Å². The number of nitrogens with zero attached hydrogens (tertiary/aromatic N) is 5. The number of rotatable bonds is 6. The summed E-state index contributed by atoms with van der Waals surface area (Å²) < 4.78 is 1.42. The van der Waals surface area contributed by atoms with Crippen LogP contribution in [0.25, 0.3) is 0 Å². The molecule has 0 unspecified atom stereocenters. The molecule has 0 spiro atoms. The van der Waals surface area contributed by atoms with E-state index in [1.54, 1.807) is 0 Å². The Morgan fingerprint density at radius 2 is 1.07 bits per heavy atom. The van der Waals surface area contributed by atoms with Crippen molar-refractivity contribution in [3.05, 3.63) is 53.8 Å². The second kappa shape index (κ2) is 7.94. The summed E-state index contributed by atoms with van der Waals surface area (Å²) in [5, 5.41) is 6.56. The molecule has 0 aliphatic rings. The van der Waals surface area contributed by atoms with E-state index < -0.39 is 0 Å². The van der Waals surface area contributed by atoms with Crippen LogP contribution < -0.4 is 19.6 Å². The zero-order valence-electron chi connectivity index (χ0n) is 17.7. The Morgan fingerprint density at radius 1 is 0.655 bits per heavy atom. The van der Waals surface area contributed by atoms with Crippen LogP contribution in [-0.2, 0) is 0 Å². The van der Waals surface area contributed by atoms with Gasteiger partial charge in [0.1, 0.15) is 11.4 Å². The standard InChI is InChI=1S/C21H28ClN7/c1-28(2,3)17-11-7-9-15(13-17)23-20-25-19(22)26-21(27-20)24-16-10-8-12-18(14-16)29(4,5)6/h7-14H,1-6H3,(H2,23,24,25,26,27)/q+2. The Balaban J connectivity index is 1.84. The number of aromatic nitrogens is 3. The van der Waals surface area contributed by atoms with Crippen LogP contribution in [0.1, 0.15) is 0 Å². The predicted octanol–water partition coefficient (Wildman–Crippen LogP) is 4.41. The summed E-state index contributed by atoms with van der Waals surface area (Å²) >= 11 is 6.14. The first-order valence-electron chi connectivity index (χ1n) is 9.30. The number of halogens is 1. The maximum absolute atomic E-state index is 6.14. The molecule has 2 aromatic carbocycles. The molecule has 2 N–H and O–H groups in total. The monoisotopic (exact) mass is 413 g/mol. The minimum Gasteiger partial charge on any atom is -0.324 e. The maximum Gasteiger partial charge on any atom is 0.233 e. The van der Waals surface area contributed by atoms with Crippen LogP contribution in [0.2, 0.25) is 5.28 Å². The van der Waals surface area contributed by atoms with Gasteiger partial charge in [0.15, 0.2) is 0 Å². The van der Waals surface area contributed by atoms with Crippen LogP contribution in [0.15, 0.2) is 48.5 Å². The lowest BCUT2D eigenvalue weighted by atomic mass is 10.2. The second-order valence-electron chi connectivity index (χ2n) is 8.63. The highest BCUT2D eigenvalue weighted by molar-refractivity contribution is 6.28. The lowest BCUT2D eigenvalue weighted by Gasteiger charge is -2.24. The molecule has 0 aliphatic heterocycles. The Labute approximate surface area is 177 Å². The summed E-state index contributed by atoms with van der Waals surface area (Å²) in [6.07, 6.45) is 0. The topological polar surface area (TPSA) is 62.7 Å². The summed E-state index contributed by atoms with van der Waals surface area (Å²) in [4.78, 5) is 12.9. The Hall–Kier alpha value is -2.74. The molecule has 0 bridgehead atoms. The van der Waals surface area contributed by atoms with Gasteiger partial charge in [-0.05, 0) is 35.9 Å². The van der Waals surface area contributed by atoms with Gasteiger partial charge in [-0.15, -0.1) is 0 Å². The van der Waals surface area contributed by atoms with E-state index in [0.717, 1.165) is 22.7 Å². The van der Waals surface area contributed by atoms with Crippen LogP contribution in [-0.4, -0.2) is 57.2 Å². The molecule has 3 aromatic rings. The smallest absolute Gasteiger partial charge is 0.233 e. The van der Waals surface area contributed by atoms with Gasteiger partial charge in [0.05, 0.1) is 42.3 Å². The SMILES string of the molecule is C[N+](C)(C)c1cccc(Nc2nc(Cl)nc(Nc3cccc([N+](C)(C)C)c3)n2)c1. The van der Waals surface area contributed by atoms with E-state index in [0.29, 0.717) is 20.9 Å². The number of nitrogens with one attached hydrogen (secondary N) is 2. The number of hydrogen-bond donors (Lipinski definition) is 2. The van der Waals surface area contributed by atoms with Gasteiger partial charge in [0, 0.05) is 23.5 Å². The van der Waals surface area contributed by atoms with Crippen molar-refractivity contribution >= 4 is 46.2 Å². The molecule has 152 valence electrons. The molecule has 7 nitrogen and oxygen atoms in total. The van der Waals surface area contributed by atoms with E-state index in [-0.39, 0.29) is 5.28 Å². The van der Waals surface area contributed by atoms with E-state index in [1.807, 2.05) is 24.3 Å². The van der Waals surface area contributed by atoms with Crippen molar-refractivity contribution < 1.29 is 0 Å². The first-order chi connectivity index (χ1) is 13.5. The fraction of sp³-hybridized carbons (Fsp3) is 0.286. The predicted molar refractivity (Wildman–Crippen MR) is 123 cm³/mol. The molecule has 8 heteroatoms.